The summed E-state index contributed by atoms with van der Waals surface area (Å²) in [6.45, 7) is 1.07. The molecule has 0 aromatic carbocycles. The van der Waals surface area contributed by atoms with Crippen LogP contribution in [0.2, 0.25) is 0 Å². The number of nitrogens with zero attached hydrogens (tertiary/aromatic N) is 1. The van der Waals surface area contributed by atoms with E-state index < -0.39 is 0 Å². The molecule has 1 rings (SSSR count). The zero-order chi connectivity index (χ0) is 9.52. The van der Waals surface area contributed by atoms with Crippen molar-refractivity contribution >= 4 is 11.4 Å². The number of unbranched alkanes of at least 4 members (excludes halogenated alkanes) is 1. The first-order valence-corrected chi connectivity index (χ1v) is 4.39. The Kier molecular flexibility index (Phi) is 4.05. The van der Waals surface area contributed by atoms with E-state index in [-0.39, 0.29) is 6.61 Å². The third-order valence-corrected chi connectivity index (χ3v) is 1.75. The first kappa shape index (κ1) is 9.80. The van der Waals surface area contributed by atoms with Gasteiger partial charge in [0.25, 0.3) is 0 Å². The van der Waals surface area contributed by atoms with Crippen LogP contribution in [0.5, 0.6) is 0 Å². The van der Waals surface area contributed by atoms with Crippen LogP contribution in [0.4, 0.5) is 11.4 Å². The van der Waals surface area contributed by atoms with E-state index in [0.717, 1.165) is 25.1 Å². The molecule has 0 spiro atoms. The maximum absolute atomic E-state index is 8.56. The van der Waals surface area contributed by atoms with E-state index in [1.807, 2.05) is 6.07 Å². The third-order valence-electron chi connectivity index (χ3n) is 1.75. The summed E-state index contributed by atoms with van der Waals surface area (Å²) in [7, 11) is 0. The molecule has 0 saturated heterocycles. The minimum absolute atomic E-state index is 0.244. The van der Waals surface area contributed by atoms with Crippen LogP contribution in [0.15, 0.2) is 18.5 Å². The largest absolute Gasteiger partial charge is 0.396 e. The predicted molar refractivity (Wildman–Crippen MR) is 53.5 cm³/mol. The average Bonchev–Trinajstić information content (AvgIpc) is 2.15. The van der Waals surface area contributed by atoms with E-state index in [0.29, 0.717) is 5.69 Å². The lowest BCUT2D eigenvalue weighted by atomic mass is 10.3. The molecule has 0 radical (unpaired) electrons. The van der Waals surface area contributed by atoms with E-state index in [1.54, 1.807) is 12.4 Å². The van der Waals surface area contributed by atoms with Crippen molar-refractivity contribution in [3.8, 4) is 0 Å². The van der Waals surface area contributed by atoms with Gasteiger partial charge in [0.05, 0.1) is 17.6 Å². The second kappa shape index (κ2) is 5.37. The quantitative estimate of drug-likeness (QED) is 0.589. The first-order chi connectivity index (χ1) is 6.34. The number of aromatic nitrogens is 1. The van der Waals surface area contributed by atoms with Gasteiger partial charge in [-0.15, -0.1) is 0 Å². The smallest absolute Gasteiger partial charge is 0.0736 e. The van der Waals surface area contributed by atoms with Crippen molar-refractivity contribution in [3.05, 3.63) is 18.5 Å². The van der Waals surface area contributed by atoms with E-state index in [1.165, 1.54) is 0 Å². The van der Waals surface area contributed by atoms with Crippen molar-refractivity contribution in [3.63, 3.8) is 0 Å². The number of aliphatic hydroxyl groups is 1. The number of pyridine rings is 1. The number of nitrogens with two attached hydrogens (primary N) is 1. The van der Waals surface area contributed by atoms with Gasteiger partial charge in [0.2, 0.25) is 0 Å². The van der Waals surface area contributed by atoms with Crippen molar-refractivity contribution in [2.75, 3.05) is 24.2 Å². The number of anilines is 2. The molecule has 72 valence electrons. The van der Waals surface area contributed by atoms with E-state index >= 15 is 0 Å². The average molecular weight is 181 g/mol. The van der Waals surface area contributed by atoms with Gasteiger partial charge in [-0.25, -0.2) is 0 Å². The van der Waals surface area contributed by atoms with Crippen LogP contribution in [0.1, 0.15) is 12.8 Å². The summed E-state index contributed by atoms with van der Waals surface area (Å²) in [4.78, 5) is 3.88. The van der Waals surface area contributed by atoms with Gasteiger partial charge >= 0.3 is 0 Å². The Bertz CT molecular complexity index is 252. The van der Waals surface area contributed by atoms with Crippen LogP contribution in [0, 0.1) is 0 Å². The fourth-order valence-corrected chi connectivity index (χ4v) is 1.03. The fraction of sp³-hybridized carbons (Fsp3) is 0.444. The maximum atomic E-state index is 8.56. The molecule has 1 heterocycles. The molecule has 0 atom stereocenters. The number of hydrogen-bond acceptors (Lipinski definition) is 4. The highest BCUT2D eigenvalue weighted by Gasteiger charge is 1.95. The lowest BCUT2D eigenvalue weighted by Gasteiger charge is -2.07. The molecule has 0 aliphatic rings. The van der Waals surface area contributed by atoms with Crippen LogP contribution >= 0.6 is 0 Å². The van der Waals surface area contributed by atoms with Gasteiger partial charge in [-0.2, -0.15) is 0 Å². The molecule has 0 fully saturated rings. The van der Waals surface area contributed by atoms with Crippen LogP contribution in [-0.2, 0) is 0 Å². The normalized spacial score (nSPS) is 9.92. The van der Waals surface area contributed by atoms with Gasteiger partial charge in [-0.1, -0.05) is 0 Å². The van der Waals surface area contributed by atoms with Gasteiger partial charge in [-0.3, -0.25) is 4.98 Å². The predicted octanol–water partition coefficient (Wildman–Crippen LogP) is 0.848. The summed E-state index contributed by atoms with van der Waals surface area (Å²) >= 11 is 0. The lowest BCUT2D eigenvalue weighted by Crippen LogP contribution is -2.04. The van der Waals surface area contributed by atoms with Gasteiger partial charge < -0.3 is 16.2 Å². The van der Waals surface area contributed by atoms with E-state index in [2.05, 4.69) is 10.3 Å². The molecule has 0 aliphatic carbocycles. The minimum atomic E-state index is 0.244. The van der Waals surface area contributed by atoms with Gasteiger partial charge in [0.1, 0.15) is 0 Å². The summed E-state index contributed by atoms with van der Waals surface area (Å²) in [5, 5.41) is 11.7. The van der Waals surface area contributed by atoms with Gasteiger partial charge in [0, 0.05) is 19.3 Å². The van der Waals surface area contributed by atoms with Crippen molar-refractivity contribution in [2.45, 2.75) is 12.8 Å². The molecule has 0 amide bonds. The van der Waals surface area contributed by atoms with Crippen molar-refractivity contribution in [1.82, 2.24) is 4.98 Å². The zero-order valence-electron chi connectivity index (χ0n) is 7.53. The maximum Gasteiger partial charge on any atom is 0.0736 e. The Morgan fingerprint density at radius 3 is 3.00 bits per heavy atom. The van der Waals surface area contributed by atoms with E-state index in [9.17, 15) is 0 Å². The van der Waals surface area contributed by atoms with Crippen LogP contribution in [0.25, 0.3) is 0 Å². The topological polar surface area (TPSA) is 71.2 Å². The zero-order valence-corrected chi connectivity index (χ0v) is 7.53. The molecule has 4 heteroatoms. The van der Waals surface area contributed by atoms with Crippen LogP contribution in [0.3, 0.4) is 0 Å². The first-order valence-electron chi connectivity index (χ1n) is 4.39. The van der Waals surface area contributed by atoms with Crippen LogP contribution in [-0.4, -0.2) is 23.2 Å². The number of hydrogen-bond donors (Lipinski definition) is 3. The molecule has 1 aromatic rings. The molecule has 0 aliphatic heterocycles. The summed E-state index contributed by atoms with van der Waals surface area (Å²) in [6.07, 6.45) is 5.08. The Morgan fingerprint density at radius 1 is 1.46 bits per heavy atom. The number of aliphatic hydroxyl groups excluding tert-OH is 1. The number of nitrogens with one attached hydrogen (secondary N) is 1. The van der Waals surface area contributed by atoms with Crippen molar-refractivity contribution in [1.29, 1.82) is 0 Å². The molecule has 1 aromatic heterocycles. The monoisotopic (exact) mass is 181 g/mol. The highest BCUT2D eigenvalue weighted by Crippen LogP contribution is 2.14. The standard InChI is InChI=1S/C9H15N3O/c10-8-7-11-5-3-9(8)12-4-1-2-6-13/h3,5,7,13H,1-2,4,6,10H2,(H,11,12). The molecule has 4 nitrogen and oxygen atoms in total. The Morgan fingerprint density at radius 2 is 2.31 bits per heavy atom. The van der Waals surface area contributed by atoms with Gasteiger partial charge in [0.15, 0.2) is 0 Å². The number of nitrogen functional groups attached to an aromatic ring is 1. The Labute approximate surface area is 77.8 Å². The Hall–Kier alpha value is -1.29. The van der Waals surface area contributed by atoms with Crippen LogP contribution < -0.4 is 11.1 Å². The minimum Gasteiger partial charge on any atom is -0.396 e. The second-order valence-electron chi connectivity index (χ2n) is 2.82. The van der Waals surface area contributed by atoms with Crippen molar-refractivity contribution in [2.24, 2.45) is 0 Å². The van der Waals surface area contributed by atoms with Gasteiger partial charge in [-0.05, 0) is 18.9 Å². The van der Waals surface area contributed by atoms with E-state index in [4.69, 9.17) is 10.8 Å². The summed E-state index contributed by atoms with van der Waals surface area (Å²) < 4.78 is 0. The molecule has 13 heavy (non-hydrogen) atoms. The molecule has 0 bridgehead atoms. The molecule has 0 unspecified atom stereocenters. The molecule has 0 saturated carbocycles. The number of rotatable bonds is 5. The summed E-state index contributed by atoms with van der Waals surface area (Å²) in [6, 6.07) is 1.84. The summed E-state index contributed by atoms with van der Waals surface area (Å²) in [5.41, 5.74) is 7.23. The molecular weight excluding hydrogens is 166 g/mol. The fourth-order valence-electron chi connectivity index (χ4n) is 1.03. The van der Waals surface area contributed by atoms with Crippen molar-refractivity contribution < 1.29 is 5.11 Å². The second-order valence-corrected chi connectivity index (χ2v) is 2.82. The highest BCUT2D eigenvalue weighted by molar-refractivity contribution is 5.63. The molecular formula is C9H15N3O. The third kappa shape index (κ3) is 3.29. The Balaban J connectivity index is 2.32. The lowest BCUT2D eigenvalue weighted by molar-refractivity contribution is 0.286. The molecule has 4 N–H and O–H groups in total. The SMILES string of the molecule is Nc1cnccc1NCCCCO. The highest BCUT2D eigenvalue weighted by atomic mass is 16.2. The summed E-state index contributed by atoms with van der Waals surface area (Å²) in [5.74, 6) is 0.